The van der Waals surface area contributed by atoms with Gasteiger partial charge >= 0.3 is 0 Å². The second-order valence-electron chi connectivity index (χ2n) is 8.11. The van der Waals surface area contributed by atoms with Gasteiger partial charge in [-0.15, -0.1) is 0 Å². The lowest BCUT2D eigenvalue weighted by atomic mass is 9.96. The normalized spacial score (nSPS) is 15.4. The molecule has 0 unspecified atom stereocenters. The van der Waals surface area contributed by atoms with E-state index in [-0.39, 0.29) is 11.4 Å². The number of rotatable bonds is 3. The van der Waals surface area contributed by atoms with Crippen LogP contribution in [0.25, 0.3) is 16.6 Å². The maximum Gasteiger partial charge on any atom is 0.261 e. The van der Waals surface area contributed by atoms with E-state index >= 15 is 0 Å². The predicted octanol–water partition coefficient (Wildman–Crippen LogP) is 3.11. The fourth-order valence-corrected chi connectivity index (χ4v) is 4.30. The van der Waals surface area contributed by atoms with Crippen molar-refractivity contribution in [1.29, 1.82) is 0 Å². The standard InChI is InChI=1S/C22H23FN6O/c1-14-10-21(29-20(25-14)9-15(2)26-29)27-7-5-16(6-8-27)12-28-13-24-19-11-17(23)3-4-18(19)22(28)30/h3-4,9-11,13,16H,5-8,12H2,1-2H3. The number of nitrogens with zero attached hydrogens (tertiary/aromatic N) is 6. The molecule has 1 saturated heterocycles. The van der Waals surface area contributed by atoms with Crippen molar-refractivity contribution in [2.45, 2.75) is 33.2 Å². The summed E-state index contributed by atoms with van der Waals surface area (Å²) >= 11 is 0. The van der Waals surface area contributed by atoms with Crippen LogP contribution in [-0.4, -0.2) is 37.2 Å². The molecule has 1 fully saturated rings. The fourth-order valence-electron chi connectivity index (χ4n) is 4.30. The average molecular weight is 406 g/mol. The Kier molecular flexibility index (Phi) is 4.49. The maximum absolute atomic E-state index is 13.4. The van der Waals surface area contributed by atoms with Gasteiger partial charge in [-0.3, -0.25) is 9.36 Å². The monoisotopic (exact) mass is 406 g/mol. The van der Waals surface area contributed by atoms with Gasteiger partial charge in [-0.2, -0.15) is 9.61 Å². The average Bonchev–Trinajstić information content (AvgIpc) is 3.10. The molecule has 0 aliphatic carbocycles. The number of fused-ring (bicyclic) bond motifs is 2. The summed E-state index contributed by atoms with van der Waals surface area (Å²) in [7, 11) is 0. The minimum atomic E-state index is -0.382. The van der Waals surface area contributed by atoms with Gasteiger partial charge in [-0.1, -0.05) is 0 Å². The second kappa shape index (κ2) is 7.19. The highest BCUT2D eigenvalue weighted by atomic mass is 19.1. The van der Waals surface area contributed by atoms with Gasteiger partial charge in [0.15, 0.2) is 5.65 Å². The van der Waals surface area contributed by atoms with Crippen LogP contribution in [0.4, 0.5) is 10.2 Å². The summed E-state index contributed by atoms with van der Waals surface area (Å²) in [5.74, 6) is 1.07. The highest BCUT2D eigenvalue weighted by Crippen LogP contribution is 2.25. The van der Waals surface area contributed by atoms with E-state index in [4.69, 9.17) is 0 Å². The summed E-state index contributed by atoms with van der Waals surface area (Å²) in [4.78, 5) is 23.9. The van der Waals surface area contributed by atoms with Crippen LogP contribution in [0.5, 0.6) is 0 Å². The largest absolute Gasteiger partial charge is 0.356 e. The van der Waals surface area contributed by atoms with Crippen molar-refractivity contribution in [1.82, 2.24) is 24.1 Å². The molecule has 1 aliphatic heterocycles. The van der Waals surface area contributed by atoms with Crippen LogP contribution in [0.2, 0.25) is 0 Å². The van der Waals surface area contributed by atoms with Gasteiger partial charge in [0.05, 0.1) is 22.9 Å². The van der Waals surface area contributed by atoms with Crippen LogP contribution in [0.1, 0.15) is 24.2 Å². The summed E-state index contributed by atoms with van der Waals surface area (Å²) in [6.07, 6.45) is 3.48. The number of halogens is 1. The first kappa shape index (κ1) is 18.7. The lowest BCUT2D eigenvalue weighted by Gasteiger charge is -2.33. The Balaban J connectivity index is 1.34. The van der Waals surface area contributed by atoms with E-state index in [1.807, 2.05) is 24.4 Å². The van der Waals surface area contributed by atoms with E-state index in [9.17, 15) is 9.18 Å². The number of anilines is 1. The van der Waals surface area contributed by atoms with Gasteiger partial charge in [-0.05, 0) is 44.7 Å². The molecule has 7 nitrogen and oxygen atoms in total. The molecular weight excluding hydrogens is 383 g/mol. The molecule has 0 atom stereocenters. The Morgan fingerprint density at radius 2 is 1.90 bits per heavy atom. The van der Waals surface area contributed by atoms with Crippen molar-refractivity contribution in [3.05, 3.63) is 64.2 Å². The van der Waals surface area contributed by atoms with E-state index in [0.29, 0.717) is 23.4 Å². The molecule has 1 aliphatic rings. The Hall–Kier alpha value is -3.29. The number of hydrogen-bond acceptors (Lipinski definition) is 5. The number of hydrogen-bond donors (Lipinski definition) is 0. The molecule has 3 aromatic heterocycles. The molecule has 0 radical (unpaired) electrons. The summed E-state index contributed by atoms with van der Waals surface area (Å²) in [6, 6.07) is 8.20. The first-order valence-corrected chi connectivity index (χ1v) is 10.2. The zero-order valence-electron chi connectivity index (χ0n) is 17.0. The molecule has 154 valence electrons. The molecule has 0 spiro atoms. The molecule has 8 heteroatoms. The summed E-state index contributed by atoms with van der Waals surface area (Å²) in [6.45, 7) is 6.39. The lowest BCUT2D eigenvalue weighted by Crippen LogP contribution is -2.37. The number of aromatic nitrogens is 5. The minimum absolute atomic E-state index is 0.110. The Morgan fingerprint density at radius 1 is 1.10 bits per heavy atom. The molecule has 4 heterocycles. The van der Waals surface area contributed by atoms with Gasteiger partial charge in [0.25, 0.3) is 5.56 Å². The van der Waals surface area contributed by atoms with Gasteiger partial charge < -0.3 is 4.90 Å². The molecule has 4 aromatic rings. The maximum atomic E-state index is 13.4. The number of benzene rings is 1. The van der Waals surface area contributed by atoms with E-state index in [2.05, 4.69) is 26.0 Å². The third-order valence-corrected chi connectivity index (χ3v) is 5.84. The van der Waals surface area contributed by atoms with Crippen molar-refractivity contribution >= 4 is 22.4 Å². The highest BCUT2D eigenvalue weighted by Gasteiger charge is 2.23. The van der Waals surface area contributed by atoms with Gasteiger partial charge in [-0.25, -0.2) is 14.4 Å². The van der Waals surface area contributed by atoms with Crippen molar-refractivity contribution in [2.75, 3.05) is 18.0 Å². The van der Waals surface area contributed by atoms with Crippen LogP contribution < -0.4 is 10.5 Å². The van der Waals surface area contributed by atoms with Crippen molar-refractivity contribution in [2.24, 2.45) is 5.92 Å². The predicted molar refractivity (Wildman–Crippen MR) is 113 cm³/mol. The number of aryl methyl sites for hydroxylation is 2. The van der Waals surface area contributed by atoms with Crippen molar-refractivity contribution in [3.63, 3.8) is 0 Å². The van der Waals surface area contributed by atoms with Crippen LogP contribution >= 0.6 is 0 Å². The first-order valence-electron chi connectivity index (χ1n) is 10.2. The second-order valence-corrected chi connectivity index (χ2v) is 8.11. The van der Waals surface area contributed by atoms with Crippen molar-refractivity contribution < 1.29 is 4.39 Å². The fraction of sp³-hybridized carbons (Fsp3) is 0.364. The Bertz CT molecular complexity index is 1300. The summed E-state index contributed by atoms with van der Waals surface area (Å²) in [5, 5.41) is 5.05. The molecule has 0 amide bonds. The van der Waals surface area contributed by atoms with E-state index < -0.39 is 0 Å². The van der Waals surface area contributed by atoms with E-state index in [1.165, 1.54) is 18.2 Å². The van der Waals surface area contributed by atoms with Gasteiger partial charge in [0, 0.05) is 43.5 Å². The highest BCUT2D eigenvalue weighted by molar-refractivity contribution is 5.77. The molecule has 1 aromatic carbocycles. The molecule has 30 heavy (non-hydrogen) atoms. The van der Waals surface area contributed by atoms with E-state index in [0.717, 1.165) is 48.8 Å². The number of piperidine rings is 1. The topological polar surface area (TPSA) is 68.3 Å². The molecule has 0 N–H and O–H groups in total. The summed E-state index contributed by atoms with van der Waals surface area (Å²) in [5.41, 5.74) is 3.09. The zero-order valence-corrected chi connectivity index (χ0v) is 17.0. The molecule has 5 rings (SSSR count). The summed E-state index contributed by atoms with van der Waals surface area (Å²) < 4.78 is 17.0. The van der Waals surface area contributed by atoms with Gasteiger partial charge in [0.1, 0.15) is 11.6 Å². The smallest absolute Gasteiger partial charge is 0.261 e. The van der Waals surface area contributed by atoms with Crippen LogP contribution in [0.3, 0.4) is 0 Å². The van der Waals surface area contributed by atoms with Crippen LogP contribution in [0, 0.1) is 25.6 Å². The molecule has 0 saturated carbocycles. The third-order valence-electron chi connectivity index (χ3n) is 5.84. The Labute approximate surface area is 172 Å². The first-order chi connectivity index (χ1) is 14.5. The molecule has 0 bridgehead atoms. The SMILES string of the molecule is Cc1cc(N2CCC(Cn3cnc4cc(F)ccc4c3=O)CC2)n2nc(C)cc2n1. The van der Waals surface area contributed by atoms with Crippen LogP contribution in [0.15, 0.2) is 41.5 Å². The van der Waals surface area contributed by atoms with E-state index in [1.54, 1.807) is 10.9 Å². The van der Waals surface area contributed by atoms with Crippen LogP contribution in [-0.2, 0) is 6.54 Å². The third kappa shape index (κ3) is 3.32. The zero-order chi connectivity index (χ0) is 20.8. The quantitative estimate of drug-likeness (QED) is 0.523. The molecular formula is C22H23FN6O. The lowest BCUT2D eigenvalue weighted by molar-refractivity contribution is 0.350. The minimum Gasteiger partial charge on any atom is -0.356 e. The van der Waals surface area contributed by atoms with Gasteiger partial charge in [0.2, 0.25) is 0 Å². The Morgan fingerprint density at radius 3 is 2.70 bits per heavy atom. The van der Waals surface area contributed by atoms with Crippen molar-refractivity contribution in [3.8, 4) is 0 Å².